The number of nitrogens with one attached hydrogen (secondary N) is 1. The molecule has 0 fully saturated rings. The second kappa shape index (κ2) is 6.46. The fourth-order valence-corrected chi connectivity index (χ4v) is 3.33. The van der Waals surface area contributed by atoms with E-state index >= 15 is 0 Å². The molecule has 0 spiro atoms. The molecule has 1 N–H and O–H groups in total. The van der Waals surface area contributed by atoms with E-state index in [1.165, 1.54) is 25.0 Å². The molecule has 2 atom stereocenters. The van der Waals surface area contributed by atoms with Gasteiger partial charge in [0, 0.05) is 11.8 Å². The van der Waals surface area contributed by atoms with Crippen LogP contribution >= 0.6 is 11.8 Å². The number of hydrogen-bond acceptors (Lipinski definition) is 2. The summed E-state index contributed by atoms with van der Waals surface area (Å²) in [4.78, 5) is 0. The lowest BCUT2D eigenvalue weighted by Crippen LogP contribution is -2.35. The van der Waals surface area contributed by atoms with E-state index in [1.807, 2.05) is 11.8 Å². The fraction of sp³-hybridized carbons (Fsp3) is 0.600. The maximum Gasteiger partial charge on any atom is 0.0164 e. The van der Waals surface area contributed by atoms with Gasteiger partial charge in [-0.1, -0.05) is 31.2 Å². The molecule has 1 aliphatic rings. The lowest BCUT2D eigenvalue weighted by molar-refractivity contribution is 0.444. The van der Waals surface area contributed by atoms with Crippen molar-refractivity contribution in [2.75, 3.05) is 18.6 Å². The summed E-state index contributed by atoms with van der Waals surface area (Å²) in [5.74, 6) is 2.03. The predicted molar refractivity (Wildman–Crippen MR) is 78.0 cm³/mol. The van der Waals surface area contributed by atoms with E-state index in [1.54, 1.807) is 11.1 Å². The molecular weight excluding hydrogens is 226 g/mol. The minimum absolute atomic E-state index is 0.684. The predicted octanol–water partition coefficient (Wildman–Crippen LogP) is 3.45. The molecule has 2 heteroatoms. The first-order valence-corrected chi connectivity index (χ1v) is 8.04. The highest BCUT2D eigenvalue weighted by molar-refractivity contribution is 7.98. The Hall–Kier alpha value is -0.470. The third-order valence-electron chi connectivity index (χ3n) is 3.58. The Morgan fingerprint density at radius 3 is 2.94 bits per heavy atom. The normalized spacial score (nSPS) is 19.5. The van der Waals surface area contributed by atoms with Crippen LogP contribution in [0.2, 0.25) is 0 Å². The molecule has 1 aliphatic carbocycles. The first-order valence-electron chi connectivity index (χ1n) is 6.65. The van der Waals surface area contributed by atoms with Crippen LogP contribution in [0.3, 0.4) is 0 Å². The molecule has 0 aliphatic heterocycles. The van der Waals surface area contributed by atoms with Gasteiger partial charge < -0.3 is 5.32 Å². The van der Waals surface area contributed by atoms with Gasteiger partial charge in [-0.05, 0) is 49.1 Å². The van der Waals surface area contributed by atoms with Crippen molar-refractivity contribution in [2.45, 2.75) is 38.1 Å². The number of rotatable bonds is 7. The molecule has 17 heavy (non-hydrogen) atoms. The zero-order chi connectivity index (χ0) is 12.1. The molecule has 0 radical (unpaired) electrons. The Bertz CT molecular complexity index is 351. The molecule has 0 saturated carbocycles. The van der Waals surface area contributed by atoms with E-state index in [0.717, 1.165) is 12.5 Å². The van der Waals surface area contributed by atoms with E-state index in [2.05, 4.69) is 42.8 Å². The van der Waals surface area contributed by atoms with Gasteiger partial charge >= 0.3 is 0 Å². The van der Waals surface area contributed by atoms with E-state index in [-0.39, 0.29) is 0 Å². The average Bonchev–Trinajstić information content (AvgIpc) is 2.33. The maximum atomic E-state index is 3.68. The number of thioether (sulfide) groups is 1. The van der Waals surface area contributed by atoms with E-state index in [9.17, 15) is 0 Å². The van der Waals surface area contributed by atoms with Crippen LogP contribution in [-0.4, -0.2) is 24.6 Å². The van der Waals surface area contributed by atoms with Gasteiger partial charge in [0.15, 0.2) is 0 Å². The first kappa shape index (κ1) is 13.0. The van der Waals surface area contributed by atoms with Gasteiger partial charge in [0.05, 0.1) is 0 Å². The minimum atomic E-state index is 0.684. The summed E-state index contributed by atoms with van der Waals surface area (Å²) in [5.41, 5.74) is 3.16. The summed E-state index contributed by atoms with van der Waals surface area (Å²) >= 11 is 1.96. The standard InChI is InChI=1S/C15H23NS/c1-3-8-16-14(11-17-2)10-13-9-12-6-4-5-7-15(12)13/h4-7,13-14,16H,3,8-11H2,1-2H3. The Morgan fingerprint density at radius 1 is 1.41 bits per heavy atom. The fourth-order valence-electron chi connectivity index (χ4n) is 2.68. The van der Waals surface area contributed by atoms with Gasteiger partial charge in [-0.3, -0.25) is 0 Å². The van der Waals surface area contributed by atoms with Crippen LogP contribution in [0.25, 0.3) is 0 Å². The van der Waals surface area contributed by atoms with Crippen molar-refractivity contribution >= 4 is 11.8 Å². The summed E-state index contributed by atoms with van der Waals surface area (Å²) in [6.07, 6.45) is 6.02. The summed E-state index contributed by atoms with van der Waals surface area (Å²) in [6.45, 7) is 3.39. The number of hydrogen-bond donors (Lipinski definition) is 1. The monoisotopic (exact) mass is 249 g/mol. The number of benzene rings is 1. The summed E-state index contributed by atoms with van der Waals surface area (Å²) in [5, 5.41) is 3.68. The van der Waals surface area contributed by atoms with Crippen LogP contribution in [0.4, 0.5) is 0 Å². The van der Waals surface area contributed by atoms with Crippen LogP contribution < -0.4 is 5.32 Å². The summed E-state index contributed by atoms with van der Waals surface area (Å²) < 4.78 is 0. The van der Waals surface area contributed by atoms with Crippen molar-refractivity contribution < 1.29 is 0 Å². The van der Waals surface area contributed by atoms with Gasteiger partial charge in [-0.2, -0.15) is 11.8 Å². The Balaban J connectivity index is 1.87. The third kappa shape index (κ3) is 3.26. The van der Waals surface area contributed by atoms with Gasteiger partial charge in [-0.25, -0.2) is 0 Å². The number of fused-ring (bicyclic) bond motifs is 1. The highest BCUT2D eigenvalue weighted by Gasteiger charge is 2.27. The lowest BCUT2D eigenvalue weighted by atomic mass is 9.74. The van der Waals surface area contributed by atoms with Crippen molar-refractivity contribution in [1.29, 1.82) is 0 Å². The van der Waals surface area contributed by atoms with Crippen LogP contribution in [0.1, 0.15) is 36.8 Å². The Kier molecular flexibility index (Phi) is 4.93. The molecule has 0 bridgehead atoms. The first-order chi connectivity index (χ1) is 8.35. The molecule has 0 heterocycles. The summed E-state index contributed by atoms with van der Waals surface area (Å²) in [7, 11) is 0. The smallest absolute Gasteiger partial charge is 0.0164 e. The Morgan fingerprint density at radius 2 is 2.24 bits per heavy atom. The van der Waals surface area contributed by atoms with E-state index in [4.69, 9.17) is 0 Å². The van der Waals surface area contributed by atoms with Gasteiger partial charge in [0.2, 0.25) is 0 Å². The van der Waals surface area contributed by atoms with Crippen LogP contribution in [0.5, 0.6) is 0 Å². The molecule has 94 valence electrons. The van der Waals surface area contributed by atoms with Gasteiger partial charge in [0.1, 0.15) is 0 Å². The van der Waals surface area contributed by atoms with Gasteiger partial charge in [-0.15, -0.1) is 0 Å². The highest BCUT2D eigenvalue weighted by atomic mass is 32.2. The largest absolute Gasteiger partial charge is 0.313 e. The van der Waals surface area contributed by atoms with Crippen molar-refractivity contribution in [3.8, 4) is 0 Å². The van der Waals surface area contributed by atoms with Crippen LogP contribution in [0.15, 0.2) is 24.3 Å². The average molecular weight is 249 g/mol. The molecule has 0 amide bonds. The SMILES string of the molecule is CCCNC(CSC)CC1Cc2ccccc21. The lowest BCUT2D eigenvalue weighted by Gasteiger charge is -2.33. The second-order valence-electron chi connectivity index (χ2n) is 4.94. The van der Waals surface area contributed by atoms with E-state index in [0.29, 0.717) is 6.04 Å². The molecule has 2 rings (SSSR count). The van der Waals surface area contributed by atoms with Crippen LogP contribution in [0, 0.1) is 0 Å². The third-order valence-corrected chi connectivity index (χ3v) is 4.32. The summed E-state index contributed by atoms with van der Waals surface area (Å²) in [6, 6.07) is 9.59. The molecule has 1 aromatic carbocycles. The van der Waals surface area contributed by atoms with E-state index < -0.39 is 0 Å². The quantitative estimate of drug-likeness (QED) is 0.794. The van der Waals surface area contributed by atoms with Gasteiger partial charge in [0.25, 0.3) is 0 Å². The van der Waals surface area contributed by atoms with Crippen molar-refractivity contribution in [2.24, 2.45) is 0 Å². The van der Waals surface area contributed by atoms with Crippen molar-refractivity contribution in [3.05, 3.63) is 35.4 Å². The zero-order valence-electron chi connectivity index (χ0n) is 10.9. The molecular formula is C15H23NS. The minimum Gasteiger partial charge on any atom is -0.313 e. The topological polar surface area (TPSA) is 12.0 Å². The molecule has 1 aromatic rings. The second-order valence-corrected chi connectivity index (χ2v) is 5.85. The molecule has 0 aromatic heterocycles. The highest BCUT2D eigenvalue weighted by Crippen LogP contribution is 2.38. The molecule has 1 nitrogen and oxygen atoms in total. The van der Waals surface area contributed by atoms with Crippen LogP contribution in [-0.2, 0) is 6.42 Å². The molecule has 2 unspecified atom stereocenters. The maximum absolute atomic E-state index is 3.68. The molecule has 0 saturated heterocycles. The Labute approximate surface area is 109 Å². The van der Waals surface area contributed by atoms with Crippen molar-refractivity contribution in [1.82, 2.24) is 5.32 Å². The van der Waals surface area contributed by atoms with Crippen molar-refractivity contribution in [3.63, 3.8) is 0 Å². The zero-order valence-corrected chi connectivity index (χ0v) is 11.7.